The van der Waals surface area contributed by atoms with Gasteiger partial charge in [-0.15, -0.1) is 11.3 Å². The zero-order valence-corrected chi connectivity index (χ0v) is 11.3. The van der Waals surface area contributed by atoms with E-state index in [-0.39, 0.29) is 6.04 Å². The van der Waals surface area contributed by atoms with Gasteiger partial charge in [-0.3, -0.25) is 5.84 Å². The number of thiophene rings is 1. The number of halogens is 1. The fourth-order valence-corrected chi connectivity index (χ4v) is 2.88. The molecule has 0 amide bonds. The van der Waals surface area contributed by atoms with Gasteiger partial charge in [-0.1, -0.05) is 28.1 Å². The summed E-state index contributed by atoms with van der Waals surface area (Å²) in [6.45, 7) is 2.10. The molecule has 1 unspecified atom stereocenters. The molecule has 2 nitrogen and oxygen atoms in total. The Labute approximate surface area is 108 Å². The number of benzene rings is 1. The number of hydrogen-bond acceptors (Lipinski definition) is 3. The summed E-state index contributed by atoms with van der Waals surface area (Å²) in [5, 5.41) is 2.06. The van der Waals surface area contributed by atoms with Crippen molar-refractivity contribution in [3.05, 3.63) is 56.2 Å². The summed E-state index contributed by atoms with van der Waals surface area (Å²) < 4.78 is 1.07. The largest absolute Gasteiger partial charge is 0.271 e. The van der Waals surface area contributed by atoms with Crippen LogP contribution in [0, 0.1) is 6.92 Å². The van der Waals surface area contributed by atoms with Crippen molar-refractivity contribution in [1.82, 2.24) is 5.43 Å². The number of hydrogen-bond donors (Lipinski definition) is 2. The molecule has 0 fully saturated rings. The van der Waals surface area contributed by atoms with Gasteiger partial charge < -0.3 is 0 Å². The van der Waals surface area contributed by atoms with E-state index in [1.165, 1.54) is 16.0 Å². The highest BCUT2D eigenvalue weighted by molar-refractivity contribution is 9.10. The number of aryl methyl sites for hydroxylation is 1. The Morgan fingerprint density at radius 1 is 1.38 bits per heavy atom. The first-order chi connectivity index (χ1) is 7.72. The standard InChI is InChI=1S/C12H13BrN2S/c1-8-4-5-9(13)7-10(8)12(15-14)11-3-2-6-16-11/h2-7,12,15H,14H2,1H3. The van der Waals surface area contributed by atoms with Crippen molar-refractivity contribution in [3.63, 3.8) is 0 Å². The lowest BCUT2D eigenvalue weighted by Crippen LogP contribution is -2.28. The average molecular weight is 297 g/mol. The van der Waals surface area contributed by atoms with Crippen LogP contribution in [-0.2, 0) is 0 Å². The Hall–Kier alpha value is -0.680. The molecule has 1 aromatic carbocycles. The van der Waals surface area contributed by atoms with Crippen LogP contribution in [0.15, 0.2) is 40.2 Å². The number of hydrazine groups is 1. The van der Waals surface area contributed by atoms with Crippen molar-refractivity contribution in [2.45, 2.75) is 13.0 Å². The van der Waals surface area contributed by atoms with Gasteiger partial charge in [0.25, 0.3) is 0 Å². The summed E-state index contributed by atoms with van der Waals surface area (Å²) in [6, 6.07) is 10.4. The van der Waals surface area contributed by atoms with Crippen LogP contribution in [0.5, 0.6) is 0 Å². The van der Waals surface area contributed by atoms with Gasteiger partial charge in [0.1, 0.15) is 0 Å². The molecule has 1 heterocycles. The molecule has 0 radical (unpaired) electrons. The third-order valence-corrected chi connectivity index (χ3v) is 3.98. The molecule has 4 heteroatoms. The maximum atomic E-state index is 5.66. The number of nitrogens with two attached hydrogens (primary N) is 1. The van der Waals surface area contributed by atoms with E-state index in [0.717, 1.165) is 4.47 Å². The molecule has 1 aromatic heterocycles. The Morgan fingerprint density at radius 2 is 2.19 bits per heavy atom. The minimum Gasteiger partial charge on any atom is -0.271 e. The van der Waals surface area contributed by atoms with Gasteiger partial charge >= 0.3 is 0 Å². The smallest absolute Gasteiger partial charge is 0.0805 e. The van der Waals surface area contributed by atoms with E-state index in [1.54, 1.807) is 11.3 Å². The van der Waals surface area contributed by atoms with Crippen LogP contribution < -0.4 is 11.3 Å². The molecule has 84 valence electrons. The van der Waals surface area contributed by atoms with E-state index < -0.39 is 0 Å². The third-order valence-electron chi connectivity index (χ3n) is 2.55. The molecule has 0 saturated carbocycles. The highest BCUT2D eigenvalue weighted by atomic mass is 79.9. The average Bonchev–Trinajstić information content (AvgIpc) is 2.78. The maximum absolute atomic E-state index is 5.66. The van der Waals surface area contributed by atoms with E-state index in [0.29, 0.717) is 0 Å². The fraction of sp³-hybridized carbons (Fsp3) is 0.167. The lowest BCUT2D eigenvalue weighted by molar-refractivity contribution is 0.643. The normalized spacial score (nSPS) is 12.7. The molecule has 0 aliphatic heterocycles. The van der Waals surface area contributed by atoms with Crippen LogP contribution in [0.4, 0.5) is 0 Å². The van der Waals surface area contributed by atoms with E-state index in [4.69, 9.17) is 5.84 Å². The Balaban J connectivity index is 2.44. The van der Waals surface area contributed by atoms with E-state index in [9.17, 15) is 0 Å². The third kappa shape index (κ3) is 2.35. The Bertz CT molecular complexity index is 468. The fourth-order valence-electron chi connectivity index (χ4n) is 1.70. The second kappa shape index (κ2) is 5.10. The first-order valence-electron chi connectivity index (χ1n) is 4.98. The summed E-state index contributed by atoms with van der Waals surface area (Å²) in [6.07, 6.45) is 0. The summed E-state index contributed by atoms with van der Waals surface area (Å²) in [7, 11) is 0. The molecule has 0 aliphatic carbocycles. The van der Waals surface area contributed by atoms with Gasteiger partial charge in [-0.25, -0.2) is 5.43 Å². The molecule has 16 heavy (non-hydrogen) atoms. The van der Waals surface area contributed by atoms with Crippen LogP contribution in [0.25, 0.3) is 0 Å². The molecule has 2 rings (SSSR count). The summed E-state index contributed by atoms with van der Waals surface area (Å²) in [4.78, 5) is 1.23. The quantitative estimate of drug-likeness (QED) is 0.673. The molecule has 1 atom stereocenters. The van der Waals surface area contributed by atoms with Crippen LogP contribution in [0.2, 0.25) is 0 Å². The van der Waals surface area contributed by atoms with Crippen molar-refractivity contribution in [3.8, 4) is 0 Å². The topological polar surface area (TPSA) is 38.0 Å². The van der Waals surface area contributed by atoms with Gasteiger partial charge in [-0.05, 0) is 41.6 Å². The Morgan fingerprint density at radius 3 is 2.81 bits per heavy atom. The first kappa shape index (κ1) is 11.8. The van der Waals surface area contributed by atoms with Crippen molar-refractivity contribution in [2.24, 2.45) is 5.84 Å². The lowest BCUT2D eigenvalue weighted by atomic mass is 10.0. The van der Waals surface area contributed by atoms with Crippen molar-refractivity contribution < 1.29 is 0 Å². The first-order valence-corrected chi connectivity index (χ1v) is 6.65. The van der Waals surface area contributed by atoms with Gasteiger partial charge in [0, 0.05) is 9.35 Å². The monoisotopic (exact) mass is 296 g/mol. The number of rotatable bonds is 3. The maximum Gasteiger partial charge on any atom is 0.0805 e. The minimum atomic E-state index is 0.0671. The van der Waals surface area contributed by atoms with Crippen LogP contribution in [-0.4, -0.2) is 0 Å². The summed E-state index contributed by atoms with van der Waals surface area (Å²) >= 11 is 5.20. The molecule has 0 spiro atoms. The molecular weight excluding hydrogens is 284 g/mol. The van der Waals surface area contributed by atoms with Crippen molar-refractivity contribution in [1.29, 1.82) is 0 Å². The van der Waals surface area contributed by atoms with Crippen LogP contribution in [0.1, 0.15) is 22.0 Å². The zero-order chi connectivity index (χ0) is 11.5. The summed E-state index contributed by atoms with van der Waals surface area (Å²) in [5.41, 5.74) is 5.32. The molecule has 3 N–H and O–H groups in total. The van der Waals surface area contributed by atoms with E-state index in [1.807, 2.05) is 12.1 Å². The van der Waals surface area contributed by atoms with Gasteiger partial charge in [-0.2, -0.15) is 0 Å². The van der Waals surface area contributed by atoms with Crippen LogP contribution in [0.3, 0.4) is 0 Å². The van der Waals surface area contributed by atoms with Gasteiger partial charge in [0.2, 0.25) is 0 Å². The van der Waals surface area contributed by atoms with Gasteiger partial charge in [0.05, 0.1) is 6.04 Å². The highest BCUT2D eigenvalue weighted by Gasteiger charge is 2.15. The molecular formula is C12H13BrN2S. The molecule has 0 aliphatic rings. The zero-order valence-electron chi connectivity index (χ0n) is 8.91. The van der Waals surface area contributed by atoms with Crippen LogP contribution >= 0.6 is 27.3 Å². The Kier molecular flexibility index (Phi) is 3.76. The molecule has 2 aromatic rings. The number of nitrogens with one attached hydrogen (secondary N) is 1. The summed E-state index contributed by atoms with van der Waals surface area (Å²) in [5.74, 6) is 5.66. The van der Waals surface area contributed by atoms with E-state index in [2.05, 4.69) is 51.9 Å². The SMILES string of the molecule is Cc1ccc(Br)cc1C(NN)c1cccs1. The van der Waals surface area contributed by atoms with E-state index >= 15 is 0 Å². The predicted molar refractivity (Wildman–Crippen MR) is 72.4 cm³/mol. The second-order valence-corrected chi connectivity index (χ2v) is 5.51. The highest BCUT2D eigenvalue weighted by Crippen LogP contribution is 2.29. The van der Waals surface area contributed by atoms with Crippen molar-refractivity contribution in [2.75, 3.05) is 0 Å². The molecule has 0 bridgehead atoms. The molecule has 0 saturated heterocycles. The lowest BCUT2D eigenvalue weighted by Gasteiger charge is -2.17. The van der Waals surface area contributed by atoms with Gasteiger partial charge in [0.15, 0.2) is 0 Å². The predicted octanol–water partition coefficient (Wildman–Crippen LogP) is 3.37. The minimum absolute atomic E-state index is 0.0671. The van der Waals surface area contributed by atoms with Crippen molar-refractivity contribution >= 4 is 27.3 Å². The second-order valence-electron chi connectivity index (χ2n) is 3.62.